The van der Waals surface area contributed by atoms with Crippen molar-refractivity contribution in [2.75, 3.05) is 19.7 Å². The number of rotatable bonds is 9. The fourth-order valence-electron chi connectivity index (χ4n) is 1.32. The Labute approximate surface area is 110 Å². The maximum absolute atomic E-state index is 11.7. The van der Waals surface area contributed by atoms with Crippen LogP contribution in [0.3, 0.4) is 0 Å². The molecule has 0 rings (SSSR count). The summed E-state index contributed by atoms with van der Waals surface area (Å²) in [5.41, 5.74) is 0. The van der Waals surface area contributed by atoms with Crippen molar-refractivity contribution in [3.63, 3.8) is 0 Å². The van der Waals surface area contributed by atoms with Gasteiger partial charge in [0, 0.05) is 19.5 Å². The number of carbonyl (C=O) groups excluding carboxylic acids is 1. The number of hydrogen-bond acceptors (Lipinski definition) is 4. The van der Waals surface area contributed by atoms with E-state index in [-0.39, 0.29) is 32.5 Å². The molecule has 0 spiro atoms. The molecule has 0 aromatic heterocycles. The average molecular weight is 274 g/mol. The largest absolute Gasteiger partial charge is 0.481 e. The summed E-state index contributed by atoms with van der Waals surface area (Å²) in [5.74, 6) is -2.45. The Morgan fingerprint density at radius 1 is 1.32 bits per heavy atom. The first-order chi connectivity index (χ1) is 8.92. The lowest BCUT2D eigenvalue weighted by Crippen LogP contribution is -2.48. The van der Waals surface area contributed by atoms with E-state index in [1.807, 2.05) is 0 Å². The second-order valence-corrected chi connectivity index (χ2v) is 3.73. The van der Waals surface area contributed by atoms with Crippen molar-refractivity contribution in [1.29, 1.82) is 0 Å². The fourth-order valence-corrected chi connectivity index (χ4v) is 1.32. The highest BCUT2D eigenvalue weighted by molar-refractivity contribution is 5.83. The number of carboxylic acid groups (broad SMARTS) is 2. The third-order valence-corrected chi connectivity index (χ3v) is 2.25. The van der Waals surface area contributed by atoms with Gasteiger partial charge in [0.05, 0.1) is 6.61 Å². The van der Waals surface area contributed by atoms with Crippen LogP contribution in [-0.4, -0.2) is 63.9 Å². The SMILES string of the molecule is C=CCN(CCO)C(=O)N[C@@H](CCC(=O)O)C(=O)O. The maximum atomic E-state index is 11.7. The lowest BCUT2D eigenvalue weighted by atomic mass is 10.1. The molecule has 0 aliphatic carbocycles. The lowest BCUT2D eigenvalue weighted by Gasteiger charge is -2.23. The summed E-state index contributed by atoms with van der Waals surface area (Å²) in [6.07, 6.45) is 0.860. The smallest absolute Gasteiger partial charge is 0.326 e. The van der Waals surface area contributed by atoms with E-state index in [1.54, 1.807) is 0 Å². The molecule has 0 saturated heterocycles. The van der Waals surface area contributed by atoms with E-state index in [0.29, 0.717) is 0 Å². The highest BCUT2D eigenvalue weighted by atomic mass is 16.4. The van der Waals surface area contributed by atoms with Crippen molar-refractivity contribution < 1.29 is 29.7 Å². The quantitative estimate of drug-likeness (QED) is 0.419. The number of nitrogens with zero attached hydrogens (tertiary/aromatic N) is 1. The van der Waals surface area contributed by atoms with E-state index in [0.717, 1.165) is 0 Å². The van der Waals surface area contributed by atoms with Crippen molar-refractivity contribution >= 4 is 18.0 Å². The number of carbonyl (C=O) groups is 3. The Morgan fingerprint density at radius 2 is 1.95 bits per heavy atom. The molecule has 0 fully saturated rings. The number of aliphatic hydroxyl groups excluding tert-OH is 1. The summed E-state index contributed by atoms with van der Waals surface area (Å²) in [6.45, 7) is 3.35. The summed E-state index contributed by atoms with van der Waals surface area (Å²) in [5, 5.41) is 28.4. The molecule has 0 aromatic carbocycles. The predicted octanol–water partition coefficient (Wildman–Crippen LogP) is -0.506. The normalized spacial score (nSPS) is 11.4. The molecule has 8 nitrogen and oxygen atoms in total. The minimum absolute atomic E-state index is 0.0309. The molecular formula is C11H18N2O6. The van der Waals surface area contributed by atoms with Crippen LogP contribution >= 0.6 is 0 Å². The Hall–Kier alpha value is -2.09. The number of urea groups is 1. The van der Waals surface area contributed by atoms with Gasteiger partial charge in [-0.3, -0.25) is 4.79 Å². The standard InChI is InChI=1S/C11H18N2O6/c1-2-5-13(6-7-14)11(19)12-8(10(17)18)3-4-9(15)16/h2,8,14H,1,3-7H2,(H,12,19)(H,15,16)(H,17,18)/t8-/m0/s1. The molecule has 19 heavy (non-hydrogen) atoms. The first kappa shape index (κ1) is 16.9. The number of hydrogen-bond donors (Lipinski definition) is 4. The first-order valence-corrected chi connectivity index (χ1v) is 5.64. The van der Waals surface area contributed by atoms with Gasteiger partial charge in [-0.2, -0.15) is 0 Å². The van der Waals surface area contributed by atoms with Gasteiger partial charge in [0.15, 0.2) is 0 Å². The third kappa shape index (κ3) is 7.04. The summed E-state index contributed by atoms with van der Waals surface area (Å²) in [4.78, 5) is 34.2. The topological polar surface area (TPSA) is 127 Å². The molecule has 0 saturated carbocycles. The van der Waals surface area contributed by atoms with Crippen LogP contribution in [0.2, 0.25) is 0 Å². The molecule has 0 aliphatic heterocycles. The lowest BCUT2D eigenvalue weighted by molar-refractivity contribution is -0.140. The van der Waals surface area contributed by atoms with Gasteiger partial charge in [0.1, 0.15) is 6.04 Å². The van der Waals surface area contributed by atoms with Gasteiger partial charge < -0.3 is 25.5 Å². The highest BCUT2D eigenvalue weighted by Gasteiger charge is 2.23. The van der Waals surface area contributed by atoms with E-state index in [2.05, 4.69) is 11.9 Å². The van der Waals surface area contributed by atoms with Crippen LogP contribution in [0.5, 0.6) is 0 Å². The molecule has 1 atom stereocenters. The Morgan fingerprint density at radius 3 is 2.37 bits per heavy atom. The number of nitrogens with one attached hydrogen (secondary N) is 1. The Balaban J connectivity index is 4.54. The molecular weight excluding hydrogens is 256 g/mol. The number of aliphatic hydroxyl groups is 1. The predicted molar refractivity (Wildman–Crippen MR) is 65.7 cm³/mol. The third-order valence-electron chi connectivity index (χ3n) is 2.25. The van der Waals surface area contributed by atoms with E-state index < -0.39 is 24.0 Å². The van der Waals surface area contributed by atoms with Crippen LogP contribution in [-0.2, 0) is 9.59 Å². The molecule has 0 aromatic rings. The van der Waals surface area contributed by atoms with E-state index in [1.165, 1.54) is 11.0 Å². The molecule has 2 amide bonds. The van der Waals surface area contributed by atoms with Crippen molar-refractivity contribution in [3.8, 4) is 0 Å². The second-order valence-electron chi connectivity index (χ2n) is 3.73. The van der Waals surface area contributed by atoms with E-state index in [9.17, 15) is 14.4 Å². The minimum atomic E-state index is -1.31. The second kappa shape index (κ2) is 8.92. The van der Waals surface area contributed by atoms with Crippen LogP contribution in [0.25, 0.3) is 0 Å². The maximum Gasteiger partial charge on any atom is 0.326 e. The number of aliphatic carboxylic acids is 2. The van der Waals surface area contributed by atoms with Crippen molar-refractivity contribution in [2.45, 2.75) is 18.9 Å². The monoisotopic (exact) mass is 274 g/mol. The van der Waals surface area contributed by atoms with Gasteiger partial charge in [-0.05, 0) is 6.42 Å². The fraction of sp³-hybridized carbons (Fsp3) is 0.545. The molecule has 108 valence electrons. The first-order valence-electron chi connectivity index (χ1n) is 5.64. The molecule has 0 bridgehead atoms. The van der Waals surface area contributed by atoms with Gasteiger partial charge in [-0.25, -0.2) is 9.59 Å². The van der Waals surface area contributed by atoms with E-state index in [4.69, 9.17) is 15.3 Å². The Bertz CT molecular complexity index is 344. The summed E-state index contributed by atoms with van der Waals surface area (Å²) < 4.78 is 0. The number of amides is 2. The zero-order valence-corrected chi connectivity index (χ0v) is 10.4. The van der Waals surface area contributed by atoms with Crippen LogP contribution in [0.15, 0.2) is 12.7 Å². The van der Waals surface area contributed by atoms with Crippen LogP contribution in [0, 0.1) is 0 Å². The van der Waals surface area contributed by atoms with Gasteiger partial charge >= 0.3 is 18.0 Å². The summed E-state index contributed by atoms with van der Waals surface area (Å²) >= 11 is 0. The molecule has 0 heterocycles. The Kier molecular flexibility index (Phi) is 7.94. The molecule has 4 N–H and O–H groups in total. The van der Waals surface area contributed by atoms with Crippen LogP contribution in [0.1, 0.15) is 12.8 Å². The van der Waals surface area contributed by atoms with Gasteiger partial charge in [-0.1, -0.05) is 6.08 Å². The zero-order chi connectivity index (χ0) is 14.8. The average Bonchev–Trinajstić information content (AvgIpc) is 2.33. The molecule has 0 radical (unpaired) electrons. The molecule has 0 aliphatic rings. The zero-order valence-electron chi connectivity index (χ0n) is 10.4. The van der Waals surface area contributed by atoms with Gasteiger partial charge in [0.2, 0.25) is 0 Å². The highest BCUT2D eigenvalue weighted by Crippen LogP contribution is 2.00. The summed E-state index contributed by atoms with van der Waals surface area (Å²) in [7, 11) is 0. The van der Waals surface area contributed by atoms with Gasteiger partial charge in [0.25, 0.3) is 0 Å². The summed E-state index contributed by atoms with van der Waals surface area (Å²) in [6, 6.07) is -1.97. The van der Waals surface area contributed by atoms with Crippen molar-refractivity contribution in [3.05, 3.63) is 12.7 Å². The van der Waals surface area contributed by atoms with Crippen molar-refractivity contribution in [1.82, 2.24) is 10.2 Å². The van der Waals surface area contributed by atoms with Crippen LogP contribution < -0.4 is 5.32 Å². The molecule has 8 heteroatoms. The van der Waals surface area contributed by atoms with Crippen LogP contribution in [0.4, 0.5) is 4.79 Å². The minimum Gasteiger partial charge on any atom is -0.481 e. The van der Waals surface area contributed by atoms with Gasteiger partial charge in [-0.15, -0.1) is 6.58 Å². The van der Waals surface area contributed by atoms with Crippen molar-refractivity contribution in [2.24, 2.45) is 0 Å². The van der Waals surface area contributed by atoms with E-state index >= 15 is 0 Å². The number of carboxylic acids is 2. The molecule has 0 unspecified atom stereocenters.